The van der Waals surface area contributed by atoms with Crippen molar-refractivity contribution in [1.82, 2.24) is 9.78 Å². The maximum absolute atomic E-state index is 13.5. The van der Waals surface area contributed by atoms with Crippen molar-refractivity contribution in [2.75, 3.05) is 0 Å². The molecule has 2 nitrogen and oxygen atoms in total. The summed E-state index contributed by atoms with van der Waals surface area (Å²) in [4.78, 5) is 0. The van der Waals surface area contributed by atoms with Crippen LogP contribution in [0.3, 0.4) is 0 Å². The summed E-state index contributed by atoms with van der Waals surface area (Å²) in [6, 6.07) is 3.81. The van der Waals surface area contributed by atoms with Crippen molar-refractivity contribution >= 4 is 11.6 Å². The number of hydrogen-bond acceptors (Lipinski definition) is 1. The third kappa shape index (κ3) is 2.70. The van der Waals surface area contributed by atoms with Crippen LogP contribution in [0.25, 0.3) is 0 Å². The maximum atomic E-state index is 13.5. The summed E-state index contributed by atoms with van der Waals surface area (Å²) in [5, 5.41) is 3.94. The zero-order valence-electron chi connectivity index (χ0n) is 9.91. The molecule has 5 heteroatoms. The molecule has 0 saturated carbocycles. The van der Waals surface area contributed by atoms with Gasteiger partial charge in [0.1, 0.15) is 11.6 Å². The Morgan fingerprint density at radius 1 is 1.33 bits per heavy atom. The molecule has 0 saturated heterocycles. The minimum atomic E-state index is -0.565. The van der Waals surface area contributed by atoms with Gasteiger partial charge in [0.25, 0.3) is 0 Å². The minimum Gasteiger partial charge on any atom is -0.268 e. The highest BCUT2D eigenvalue weighted by atomic mass is 35.5. The van der Waals surface area contributed by atoms with E-state index in [0.717, 1.165) is 12.0 Å². The number of halogens is 3. The lowest BCUT2D eigenvalue weighted by Crippen LogP contribution is -2.04. The summed E-state index contributed by atoms with van der Waals surface area (Å²) in [5.74, 6) is -1.13. The number of rotatable bonds is 4. The first-order valence-corrected chi connectivity index (χ1v) is 6.14. The Balaban J connectivity index is 2.21. The minimum absolute atomic E-state index is 0.00905. The summed E-state index contributed by atoms with van der Waals surface area (Å²) >= 11 is 6.07. The SMILES string of the molecule is CCC(Cl)c1cnn(Cc2c(F)cccc2F)c1. The Bertz CT molecular complexity index is 519. The van der Waals surface area contributed by atoms with Gasteiger partial charge in [-0.3, -0.25) is 4.68 Å². The van der Waals surface area contributed by atoms with Crippen LogP contribution in [0.5, 0.6) is 0 Å². The van der Waals surface area contributed by atoms with Gasteiger partial charge in [0.05, 0.1) is 18.1 Å². The van der Waals surface area contributed by atoms with E-state index in [0.29, 0.717) is 0 Å². The fraction of sp³-hybridized carbons (Fsp3) is 0.308. The van der Waals surface area contributed by atoms with E-state index < -0.39 is 11.6 Å². The van der Waals surface area contributed by atoms with Crippen molar-refractivity contribution < 1.29 is 8.78 Å². The molecule has 1 heterocycles. The summed E-state index contributed by atoms with van der Waals surface area (Å²) in [6.07, 6.45) is 4.12. The van der Waals surface area contributed by atoms with Gasteiger partial charge >= 0.3 is 0 Å². The van der Waals surface area contributed by atoms with E-state index in [1.807, 2.05) is 6.92 Å². The summed E-state index contributed by atoms with van der Waals surface area (Å²) in [5.41, 5.74) is 0.866. The van der Waals surface area contributed by atoms with Crippen LogP contribution in [0.1, 0.15) is 29.8 Å². The molecule has 1 atom stereocenters. The van der Waals surface area contributed by atoms with Gasteiger partial charge in [0.15, 0.2) is 0 Å². The largest absolute Gasteiger partial charge is 0.268 e. The van der Waals surface area contributed by atoms with Crippen molar-refractivity contribution in [1.29, 1.82) is 0 Å². The van der Waals surface area contributed by atoms with Crippen molar-refractivity contribution in [2.45, 2.75) is 25.3 Å². The highest BCUT2D eigenvalue weighted by molar-refractivity contribution is 6.20. The van der Waals surface area contributed by atoms with Gasteiger partial charge < -0.3 is 0 Å². The lowest BCUT2D eigenvalue weighted by molar-refractivity contribution is 0.533. The monoisotopic (exact) mass is 270 g/mol. The zero-order chi connectivity index (χ0) is 13.1. The summed E-state index contributed by atoms with van der Waals surface area (Å²) < 4.78 is 28.4. The topological polar surface area (TPSA) is 17.8 Å². The Labute approximate surface area is 109 Å². The van der Waals surface area contributed by atoms with E-state index >= 15 is 0 Å². The number of benzene rings is 1. The second-order valence-electron chi connectivity index (χ2n) is 4.05. The van der Waals surface area contributed by atoms with Crippen LogP contribution < -0.4 is 0 Å². The second kappa shape index (κ2) is 5.48. The number of aromatic nitrogens is 2. The van der Waals surface area contributed by atoms with Gasteiger partial charge in [-0.05, 0) is 18.6 Å². The van der Waals surface area contributed by atoms with E-state index in [-0.39, 0.29) is 17.5 Å². The van der Waals surface area contributed by atoms with Crippen LogP contribution in [-0.2, 0) is 6.54 Å². The summed E-state index contributed by atoms with van der Waals surface area (Å²) in [6.45, 7) is 2.03. The van der Waals surface area contributed by atoms with Crippen molar-refractivity contribution in [2.24, 2.45) is 0 Å². The van der Waals surface area contributed by atoms with Gasteiger partial charge in [0.2, 0.25) is 0 Å². The Morgan fingerprint density at radius 3 is 2.61 bits per heavy atom. The van der Waals surface area contributed by atoms with E-state index in [2.05, 4.69) is 5.10 Å². The highest BCUT2D eigenvalue weighted by Gasteiger charge is 2.12. The number of alkyl halides is 1. The molecule has 0 radical (unpaired) electrons. The molecule has 0 amide bonds. The van der Waals surface area contributed by atoms with Crippen LogP contribution in [0, 0.1) is 11.6 Å². The van der Waals surface area contributed by atoms with E-state index in [9.17, 15) is 8.78 Å². The lowest BCUT2D eigenvalue weighted by atomic mass is 10.2. The van der Waals surface area contributed by atoms with Gasteiger partial charge in [-0.2, -0.15) is 5.10 Å². The third-order valence-electron chi connectivity index (χ3n) is 2.76. The predicted octanol–water partition coefficient (Wildman–Crippen LogP) is 3.90. The average molecular weight is 271 g/mol. The molecule has 1 aromatic carbocycles. The van der Waals surface area contributed by atoms with E-state index in [4.69, 9.17) is 11.6 Å². The molecule has 0 spiro atoms. The number of nitrogens with zero attached hydrogens (tertiary/aromatic N) is 2. The first-order chi connectivity index (χ1) is 8.61. The fourth-order valence-electron chi connectivity index (χ4n) is 1.71. The molecule has 1 unspecified atom stereocenters. The quantitative estimate of drug-likeness (QED) is 0.771. The molecule has 0 bridgehead atoms. The maximum Gasteiger partial charge on any atom is 0.131 e. The van der Waals surface area contributed by atoms with Gasteiger partial charge in [-0.15, -0.1) is 11.6 Å². The van der Waals surface area contributed by atoms with Crippen LogP contribution in [0.2, 0.25) is 0 Å². The predicted molar refractivity (Wildman–Crippen MR) is 66.6 cm³/mol. The number of hydrogen-bond donors (Lipinski definition) is 0. The molecule has 0 aliphatic heterocycles. The molecule has 2 rings (SSSR count). The first-order valence-electron chi connectivity index (χ1n) is 5.71. The Kier molecular flexibility index (Phi) is 3.97. The molecule has 96 valence electrons. The molecule has 1 aromatic heterocycles. The average Bonchev–Trinajstić information content (AvgIpc) is 2.81. The lowest BCUT2D eigenvalue weighted by Gasteiger charge is -2.05. The molecule has 0 aliphatic rings. The zero-order valence-corrected chi connectivity index (χ0v) is 10.7. The van der Waals surface area contributed by atoms with Crippen molar-refractivity contribution in [3.8, 4) is 0 Å². The standard InChI is InChI=1S/C13H13ClF2N2/c1-2-11(14)9-6-17-18(7-9)8-10-12(15)4-3-5-13(10)16/h3-7,11H,2,8H2,1H3. The Morgan fingerprint density at radius 2 is 2.00 bits per heavy atom. The van der Waals surface area contributed by atoms with Gasteiger partial charge in [-0.1, -0.05) is 13.0 Å². The summed E-state index contributed by atoms with van der Waals surface area (Å²) in [7, 11) is 0. The second-order valence-corrected chi connectivity index (χ2v) is 4.57. The van der Waals surface area contributed by atoms with Crippen molar-refractivity contribution in [3.63, 3.8) is 0 Å². The third-order valence-corrected chi connectivity index (χ3v) is 3.32. The van der Waals surface area contributed by atoms with Gasteiger partial charge in [-0.25, -0.2) is 8.78 Å². The molecule has 0 fully saturated rings. The van der Waals surface area contributed by atoms with Crippen LogP contribution >= 0.6 is 11.6 Å². The fourth-order valence-corrected chi connectivity index (χ4v) is 1.82. The first kappa shape index (κ1) is 13.0. The molecular weight excluding hydrogens is 258 g/mol. The van der Waals surface area contributed by atoms with Crippen LogP contribution in [0.4, 0.5) is 8.78 Å². The highest BCUT2D eigenvalue weighted by Crippen LogP contribution is 2.23. The smallest absolute Gasteiger partial charge is 0.131 e. The molecule has 0 N–H and O–H groups in total. The van der Waals surface area contributed by atoms with E-state index in [1.54, 1.807) is 12.4 Å². The normalized spacial score (nSPS) is 12.7. The van der Waals surface area contributed by atoms with E-state index in [1.165, 1.54) is 22.9 Å². The van der Waals surface area contributed by atoms with Crippen LogP contribution in [-0.4, -0.2) is 9.78 Å². The molecule has 18 heavy (non-hydrogen) atoms. The molecular formula is C13H13ClF2N2. The van der Waals surface area contributed by atoms with Crippen LogP contribution in [0.15, 0.2) is 30.6 Å². The molecule has 2 aromatic rings. The molecule has 0 aliphatic carbocycles. The van der Waals surface area contributed by atoms with Crippen molar-refractivity contribution in [3.05, 3.63) is 53.4 Å². The Hall–Kier alpha value is -1.42. The van der Waals surface area contributed by atoms with Gasteiger partial charge in [0, 0.05) is 17.3 Å².